The van der Waals surface area contributed by atoms with Gasteiger partial charge in [-0.05, 0) is 56.2 Å². The first-order valence-electron chi connectivity index (χ1n) is 8.83. The zero-order chi connectivity index (χ0) is 18.5. The lowest BCUT2D eigenvalue weighted by molar-refractivity contribution is 0.242. The molecule has 0 fully saturated rings. The van der Waals surface area contributed by atoms with Crippen LogP contribution >= 0.6 is 22.9 Å². The van der Waals surface area contributed by atoms with Gasteiger partial charge in [0.2, 0.25) is 0 Å². The van der Waals surface area contributed by atoms with E-state index in [-0.39, 0.29) is 6.10 Å². The summed E-state index contributed by atoms with van der Waals surface area (Å²) in [6, 6.07) is 14.3. The Morgan fingerprint density at radius 2 is 1.92 bits per heavy atom. The normalized spacial score (nSPS) is 11.0. The smallest absolute Gasteiger partial charge is 0.187 e. The minimum atomic E-state index is 0.0946. The number of hydrogen-bond acceptors (Lipinski definition) is 4. The summed E-state index contributed by atoms with van der Waals surface area (Å²) in [7, 11) is 0. The Morgan fingerprint density at radius 1 is 1.15 bits per heavy atom. The molecule has 2 aromatic carbocycles. The molecular formula is C21H23ClN2OS. The quantitative estimate of drug-likeness (QED) is 0.477. The van der Waals surface area contributed by atoms with E-state index in [9.17, 15) is 0 Å². The van der Waals surface area contributed by atoms with Crippen LogP contribution in [0.1, 0.15) is 32.8 Å². The standard InChI is InChI=1S/C21H23ClN2OS/c1-4-5-15-6-9-17(10-7-15)23-21-24-19(13-26-21)16-8-11-20(18(22)12-16)25-14(2)3/h6-14H,4-5H2,1-3H3,(H,23,24). The van der Waals surface area contributed by atoms with Gasteiger partial charge in [-0.2, -0.15) is 0 Å². The molecular weight excluding hydrogens is 364 g/mol. The summed E-state index contributed by atoms with van der Waals surface area (Å²) in [5.41, 5.74) is 4.28. The number of aryl methyl sites for hydroxylation is 1. The minimum Gasteiger partial charge on any atom is -0.489 e. The van der Waals surface area contributed by atoms with E-state index in [1.54, 1.807) is 11.3 Å². The van der Waals surface area contributed by atoms with Gasteiger partial charge in [-0.3, -0.25) is 0 Å². The lowest BCUT2D eigenvalue weighted by Gasteiger charge is -2.11. The van der Waals surface area contributed by atoms with Crippen LogP contribution in [-0.4, -0.2) is 11.1 Å². The van der Waals surface area contributed by atoms with E-state index < -0.39 is 0 Å². The summed E-state index contributed by atoms with van der Waals surface area (Å²) in [6.45, 7) is 6.16. The van der Waals surface area contributed by atoms with Gasteiger partial charge in [0.25, 0.3) is 0 Å². The Labute approximate surface area is 164 Å². The molecule has 3 aromatic rings. The van der Waals surface area contributed by atoms with Gasteiger partial charge >= 0.3 is 0 Å². The topological polar surface area (TPSA) is 34.2 Å². The first-order chi connectivity index (χ1) is 12.5. The van der Waals surface area contributed by atoms with Crippen LogP contribution in [0.3, 0.4) is 0 Å². The van der Waals surface area contributed by atoms with E-state index >= 15 is 0 Å². The molecule has 26 heavy (non-hydrogen) atoms. The molecule has 136 valence electrons. The van der Waals surface area contributed by atoms with Crippen molar-refractivity contribution in [3.63, 3.8) is 0 Å². The number of aromatic nitrogens is 1. The predicted molar refractivity (Wildman–Crippen MR) is 112 cm³/mol. The molecule has 0 radical (unpaired) electrons. The van der Waals surface area contributed by atoms with Gasteiger partial charge in [0.05, 0.1) is 16.8 Å². The largest absolute Gasteiger partial charge is 0.489 e. The third kappa shape index (κ3) is 4.77. The fourth-order valence-electron chi connectivity index (χ4n) is 2.64. The van der Waals surface area contributed by atoms with Gasteiger partial charge in [0.15, 0.2) is 5.13 Å². The van der Waals surface area contributed by atoms with Crippen LogP contribution in [-0.2, 0) is 6.42 Å². The summed E-state index contributed by atoms with van der Waals surface area (Å²) < 4.78 is 5.68. The van der Waals surface area contributed by atoms with Crippen molar-refractivity contribution in [2.24, 2.45) is 0 Å². The lowest BCUT2D eigenvalue weighted by atomic mass is 10.1. The van der Waals surface area contributed by atoms with E-state index in [1.165, 1.54) is 5.56 Å². The Balaban J connectivity index is 1.72. The predicted octanol–water partition coefficient (Wildman–Crippen LogP) is 6.95. The zero-order valence-electron chi connectivity index (χ0n) is 15.3. The van der Waals surface area contributed by atoms with Crippen LogP contribution in [0.25, 0.3) is 11.3 Å². The van der Waals surface area contributed by atoms with Crippen LogP contribution in [0.5, 0.6) is 5.75 Å². The van der Waals surface area contributed by atoms with Crippen LogP contribution in [0.15, 0.2) is 47.8 Å². The highest BCUT2D eigenvalue weighted by Gasteiger charge is 2.09. The maximum Gasteiger partial charge on any atom is 0.187 e. The maximum atomic E-state index is 6.34. The Kier molecular flexibility index (Phi) is 6.17. The Bertz CT molecular complexity index is 859. The number of hydrogen-bond donors (Lipinski definition) is 1. The number of nitrogens with one attached hydrogen (secondary N) is 1. The molecule has 5 heteroatoms. The molecule has 0 amide bonds. The summed E-state index contributed by atoms with van der Waals surface area (Å²) in [5, 5.41) is 6.86. The number of benzene rings is 2. The van der Waals surface area contributed by atoms with E-state index in [4.69, 9.17) is 16.3 Å². The maximum absolute atomic E-state index is 6.34. The highest BCUT2D eigenvalue weighted by atomic mass is 35.5. The fraction of sp³-hybridized carbons (Fsp3) is 0.286. The molecule has 0 spiro atoms. The molecule has 3 rings (SSSR count). The second kappa shape index (κ2) is 8.56. The molecule has 1 N–H and O–H groups in total. The Hall–Kier alpha value is -2.04. The number of nitrogens with zero attached hydrogens (tertiary/aromatic N) is 1. The summed E-state index contributed by atoms with van der Waals surface area (Å²) in [4.78, 5) is 4.67. The number of halogens is 1. The van der Waals surface area contributed by atoms with Gasteiger partial charge < -0.3 is 10.1 Å². The van der Waals surface area contributed by atoms with Gasteiger partial charge in [0, 0.05) is 16.6 Å². The molecule has 0 unspecified atom stereocenters. The van der Waals surface area contributed by atoms with E-state index in [2.05, 4.69) is 41.5 Å². The molecule has 0 saturated carbocycles. The first kappa shape index (κ1) is 18.7. The van der Waals surface area contributed by atoms with E-state index in [0.717, 1.165) is 34.9 Å². The molecule has 0 aliphatic rings. The highest BCUT2D eigenvalue weighted by Crippen LogP contribution is 2.33. The molecule has 1 aromatic heterocycles. The molecule has 0 aliphatic carbocycles. The average molecular weight is 387 g/mol. The zero-order valence-corrected chi connectivity index (χ0v) is 16.8. The van der Waals surface area contributed by atoms with Crippen molar-refractivity contribution in [2.45, 2.75) is 39.7 Å². The molecule has 0 atom stereocenters. The molecule has 0 bridgehead atoms. The van der Waals surface area contributed by atoms with Crippen molar-refractivity contribution in [1.82, 2.24) is 4.98 Å². The van der Waals surface area contributed by atoms with Crippen molar-refractivity contribution < 1.29 is 4.74 Å². The van der Waals surface area contributed by atoms with Crippen molar-refractivity contribution in [3.05, 3.63) is 58.4 Å². The highest BCUT2D eigenvalue weighted by molar-refractivity contribution is 7.14. The van der Waals surface area contributed by atoms with Crippen molar-refractivity contribution in [3.8, 4) is 17.0 Å². The summed E-state index contributed by atoms with van der Waals surface area (Å²) in [6.07, 6.45) is 2.36. The number of thiazole rings is 1. The molecule has 0 aliphatic heterocycles. The summed E-state index contributed by atoms with van der Waals surface area (Å²) in [5.74, 6) is 0.700. The lowest BCUT2D eigenvalue weighted by Crippen LogP contribution is -2.05. The van der Waals surface area contributed by atoms with Crippen LogP contribution in [0.4, 0.5) is 10.8 Å². The third-order valence-corrected chi connectivity index (χ3v) is 4.89. The monoisotopic (exact) mass is 386 g/mol. The van der Waals surface area contributed by atoms with Crippen molar-refractivity contribution >= 4 is 33.8 Å². The fourth-order valence-corrected chi connectivity index (χ4v) is 3.61. The van der Waals surface area contributed by atoms with E-state index in [1.807, 2.05) is 37.4 Å². The first-order valence-corrected chi connectivity index (χ1v) is 10.1. The van der Waals surface area contributed by atoms with Gasteiger partial charge in [-0.15, -0.1) is 11.3 Å². The number of rotatable bonds is 7. The minimum absolute atomic E-state index is 0.0946. The van der Waals surface area contributed by atoms with Crippen LogP contribution in [0, 0.1) is 0 Å². The van der Waals surface area contributed by atoms with Crippen molar-refractivity contribution in [2.75, 3.05) is 5.32 Å². The van der Waals surface area contributed by atoms with Gasteiger partial charge in [-0.25, -0.2) is 4.98 Å². The SMILES string of the molecule is CCCc1ccc(Nc2nc(-c3ccc(OC(C)C)c(Cl)c3)cs2)cc1. The third-order valence-electron chi connectivity index (χ3n) is 3.84. The van der Waals surface area contributed by atoms with Gasteiger partial charge in [0.1, 0.15) is 5.75 Å². The number of ether oxygens (including phenoxy) is 1. The second-order valence-corrected chi connectivity index (χ2v) is 7.69. The average Bonchev–Trinajstić information content (AvgIpc) is 3.07. The van der Waals surface area contributed by atoms with E-state index in [0.29, 0.717) is 10.8 Å². The summed E-state index contributed by atoms with van der Waals surface area (Å²) >= 11 is 7.91. The molecule has 3 nitrogen and oxygen atoms in total. The van der Waals surface area contributed by atoms with Gasteiger partial charge in [-0.1, -0.05) is 37.1 Å². The van der Waals surface area contributed by atoms with Crippen LogP contribution < -0.4 is 10.1 Å². The Morgan fingerprint density at radius 3 is 2.58 bits per heavy atom. The second-order valence-electron chi connectivity index (χ2n) is 6.42. The van der Waals surface area contributed by atoms with Crippen LogP contribution in [0.2, 0.25) is 5.02 Å². The molecule has 1 heterocycles. The number of anilines is 2. The van der Waals surface area contributed by atoms with Crippen molar-refractivity contribution in [1.29, 1.82) is 0 Å². The molecule has 0 saturated heterocycles.